The zero-order valence-electron chi connectivity index (χ0n) is 7.76. The molecule has 0 saturated heterocycles. The van der Waals surface area contributed by atoms with Crippen molar-refractivity contribution in [3.8, 4) is 0 Å². The van der Waals surface area contributed by atoms with Crippen LogP contribution in [0.25, 0.3) is 6.08 Å². The monoisotopic (exact) mass is 179 g/mol. The predicted octanol–water partition coefficient (Wildman–Crippen LogP) is 2.58. The van der Waals surface area contributed by atoms with Gasteiger partial charge in [0.15, 0.2) is 0 Å². The molecule has 0 bridgehead atoms. The normalized spacial score (nSPS) is 11.8. The van der Waals surface area contributed by atoms with Crippen LogP contribution >= 0.6 is 0 Å². The van der Waals surface area contributed by atoms with E-state index in [0.29, 0.717) is 6.54 Å². The third kappa shape index (κ3) is 2.99. The number of hydrogen-bond acceptors (Lipinski definition) is 1. The van der Waals surface area contributed by atoms with Gasteiger partial charge in [0.25, 0.3) is 0 Å². The first-order valence-electron chi connectivity index (χ1n) is 4.41. The summed E-state index contributed by atoms with van der Waals surface area (Å²) in [7, 11) is 0. The van der Waals surface area contributed by atoms with Crippen LogP contribution < -0.4 is 5.73 Å². The Kier molecular flexibility index (Phi) is 3.65. The van der Waals surface area contributed by atoms with Gasteiger partial charge < -0.3 is 5.73 Å². The number of nitrogens with two attached hydrogens (primary N) is 1. The van der Waals surface area contributed by atoms with E-state index in [2.05, 4.69) is 0 Å². The molecule has 1 aromatic carbocycles. The lowest BCUT2D eigenvalue weighted by Gasteiger charge is -2.00. The lowest BCUT2D eigenvalue weighted by Crippen LogP contribution is -2.01. The molecule has 1 rings (SSSR count). The van der Waals surface area contributed by atoms with Crippen molar-refractivity contribution in [2.45, 2.75) is 13.3 Å². The van der Waals surface area contributed by atoms with Crippen LogP contribution in [0.2, 0.25) is 0 Å². The van der Waals surface area contributed by atoms with Crippen LogP contribution in [-0.2, 0) is 0 Å². The van der Waals surface area contributed by atoms with Crippen LogP contribution in [0.4, 0.5) is 4.39 Å². The highest BCUT2D eigenvalue weighted by molar-refractivity contribution is 5.52. The molecule has 0 unspecified atom stereocenters. The van der Waals surface area contributed by atoms with Crippen molar-refractivity contribution in [1.82, 2.24) is 0 Å². The fraction of sp³-hybridized carbons (Fsp3) is 0.273. The van der Waals surface area contributed by atoms with E-state index < -0.39 is 0 Å². The van der Waals surface area contributed by atoms with Crippen molar-refractivity contribution in [2.24, 2.45) is 5.73 Å². The van der Waals surface area contributed by atoms with Gasteiger partial charge in [-0.25, -0.2) is 4.39 Å². The van der Waals surface area contributed by atoms with E-state index in [9.17, 15) is 4.39 Å². The number of rotatable bonds is 3. The molecule has 0 heterocycles. The van der Waals surface area contributed by atoms with Crippen molar-refractivity contribution >= 4 is 6.08 Å². The summed E-state index contributed by atoms with van der Waals surface area (Å²) in [6, 6.07) is 6.51. The fourth-order valence-electron chi connectivity index (χ4n) is 1.14. The summed E-state index contributed by atoms with van der Waals surface area (Å²) in [4.78, 5) is 0. The molecule has 0 saturated carbocycles. The number of halogens is 1. The van der Waals surface area contributed by atoms with Crippen LogP contribution in [0.3, 0.4) is 0 Å². The lowest BCUT2D eigenvalue weighted by molar-refractivity contribution is 0.627. The van der Waals surface area contributed by atoms with Crippen LogP contribution in [0.1, 0.15) is 18.9 Å². The molecule has 0 spiro atoms. The van der Waals surface area contributed by atoms with Gasteiger partial charge in [-0.15, -0.1) is 0 Å². The van der Waals surface area contributed by atoms with Gasteiger partial charge in [-0.05, 0) is 24.1 Å². The summed E-state index contributed by atoms with van der Waals surface area (Å²) < 4.78 is 12.8. The highest BCUT2D eigenvalue weighted by Crippen LogP contribution is 2.09. The summed E-state index contributed by atoms with van der Waals surface area (Å²) in [6.45, 7) is 2.57. The average Bonchev–Trinajstić information content (AvgIpc) is 2.14. The summed E-state index contributed by atoms with van der Waals surface area (Å²) >= 11 is 0. The maximum Gasteiger partial charge on any atom is 0.123 e. The van der Waals surface area contributed by atoms with E-state index >= 15 is 0 Å². The molecule has 2 N–H and O–H groups in total. The van der Waals surface area contributed by atoms with E-state index in [-0.39, 0.29) is 5.82 Å². The molecule has 1 nitrogen and oxygen atoms in total. The summed E-state index contributed by atoms with van der Waals surface area (Å²) in [5.41, 5.74) is 7.51. The Hall–Kier alpha value is -1.15. The molecule has 0 fully saturated rings. The van der Waals surface area contributed by atoms with Crippen LogP contribution in [-0.4, -0.2) is 6.54 Å². The third-order valence-corrected chi connectivity index (χ3v) is 1.94. The van der Waals surface area contributed by atoms with Gasteiger partial charge in [-0.1, -0.05) is 30.7 Å². The van der Waals surface area contributed by atoms with Gasteiger partial charge in [-0.3, -0.25) is 0 Å². The van der Waals surface area contributed by atoms with Crippen molar-refractivity contribution in [2.75, 3.05) is 6.54 Å². The SMILES string of the molecule is CCC(=Cc1cccc(F)c1)CN. The smallest absolute Gasteiger partial charge is 0.123 e. The molecule has 0 radical (unpaired) electrons. The van der Waals surface area contributed by atoms with Crippen LogP contribution in [0.15, 0.2) is 29.8 Å². The van der Waals surface area contributed by atoms with Crippen molar-refractivity contribution in [3.05, 3.63) is 41.2 Å². The highest BCUT2D eigenvalue weighted by Gasteiger charge is 1.94. The van der Waals surface area contributed by atoms with Crippen molar-refractivity contribution in [1.29, 1.82) is 0 Å². The molecule has 0 aliphatic carbocycles. The first kappa shape index (κ1) is 9.93. The maximum atomic E-state index is 12.8. The lowest BCUT2D eigenvalue weighted by atomic mass is 10.1. The van der Waals surface area contributed by atoms with Crippen molar-refractivity contribution < 1.29 is 4.39 Å². The van der Waals surface area contributed by atoms with Crippen LogP contribution in [0, 0.1) is 5.82 Å². The molecule has 0 aromatic heterocycles. The van der Waals surface area contributed by atoms with E-state index in [1.165, 1.54) is 12.1 Å². The van der Waals surface area contributed by atoms with E-state index in [1.807, 2.05) is 19.1 Å². The molecule has 13 heavy (non-hydrogen) atoms. The first-order valence-corrected chi connectivity index (χ1v) is 4.41. The Balaban J connectivity index is 2.89. The minimum absolute atomic E-state index is 0.207. The van der Waals surface area contributed by atoms with Crippen molar-refractivity contribution in [3.63, 3.8) is 0 Å². The second kappa shape index (κ2) is 4.77. The van der Waals surface area contributed by atoms with Gasteiger partial charge >= 0.3 is 0 Å². The molecular weight excluding hydrogens is 165 g/mol. The average molecular weight is 179 g/mol. The van der Waals surface area contributed by atoms with E-state index in [1.54, 1.807) is 6.07 Å². The van der Waals surface area contributed by atoms with Gasteiger partial charge in [0.05, 0.1) is 0 Å². The van der Waals surface area contributed by atoms with Gasteiger partial charge in [0.1, 0.15) is 5.82 Å². The second-order valence-corrected chi connectivity index (χ2v) is 2.92. The summed E-state index contributed by atoms with van der Waals surface area (Å²) in [5, 5.41) is 0. The Labute approximate surface area is 78.1 Å². The fourth-order valence-corrected chi connectivity index (χ4v) is 1.14. The predicted molar refractivity (Wildman–Crippen MR) is 53.7 cm³/mol. The molecule has 0 amide bonds. The minimum atomic E-state index is -0.207. The molecule has 0 atom stereocenters. The third-order valence-electron chi connectivity index (χ3n) is 1.94. The largest absolute Gasteiger partial charge is 0.327 e. The summed E-state index contributed by atoms with van der Waals surface area (Å²) in [5.74, 6) is -0.207. The standard InChI is InChI=1S/C11H14FN/c1-2-9(8-13)6-10-4-3-5-11(12)7-10/h3-7H,2,8,13H2,1H3. The van der Waals surface area contributed by atoms with Crippen LogP contribution in [0.5, 0.6) is 0 Å². The quantitative estimate of drug-likeness (QED) is 0.758. The molecule has 2 heteroatoms. The molecule has 70 valence electrons. The maximum absolute atomic E-state index is 12.8. The van der Waals surface area contributed by atoms with E-state index in [4.69, 9.17) is 5.73 Å². The Morgan fingerprint density at radius 2 is 2.31 bits per heavy atom. The topological polar surface area (TPSA) is 26.0 Å². The molecular formula is C11H14FN. The Morgan fingerprint density at radius 1 is 1.54 bits per heavy atom. The first-order chi connectivity index (χ1) is 6.26. The zero-order chi connectivity index (χ0) is 9.68. The Morgan fingerprint density at radius 3 is 2.85 bits per heavy atom. The second-order valence-electron chi connectivity index (χ2n) is 2.92. The molecule has 1 aromatic rings. The highest BCUT2D eigenvalue weighted by atomic mass is 19.1. The van der Waals surface area contributed by atoms with Gasteiger partial charge in [0, 0.05) is 6.54 Å². The minimum Gasteiger partial charge on any atom is -0.327 e. The van der Waals surface area contributed by atoms with E-state index in [0.717, 1.165) is 17.6 Å². The zero-order valence-corrected chi connectivity index (χ0v) is 7.76. The Bertz CT molecular complexity index is 299. The molecule has 0 aliphatic heterocycles. The summed E-state index contributed by atoms with van der Waals surface area (Å²) in [6.07, 6.45) is 2.84. The molecule has 0 aliphatic rings. The number of benzene rings is 1. The number of hydrogen-bond donors (Lipinski definition) is 1. The van der Waals surface area contributed by atoms with Gasteiger partial charge in [-0.2, -0.15) is 0 Å². The van der Waals surface area contributed by atoms with Gasteiger partial charge in [0.2, 0.25) is 0 Å².